The second-order valence-electron chi connectivity index (χ2n) is 10.1. The summed E-state index contributed by atoms with van der Waals surface area (Å²) in [6.45, 7) is 3.37. The summed E-state index contributed by atoms with van der Waals surface area (Å²) >= 11 is 0. The number of carbonyl (C=O) groups excluding carboxylic acids is 2. The van der Waals surface area contributed by atoms with Gasteiger partial charge in [-0.25, -0.2) is 0 Å². The molecule has 1 fully saturated rings. The molecule has 2 aromatic carbocycles. The van der Waals surface area contributed by atoms with E-state index in [4.69, 9.17) is 4.98 Å². The summed E-state index contributed by atoms with van der Waals surface area (Å²) in [4.78, 5) is 31.5. The van der Waals surface area contributed by atoms with Crippen molar-refractivity contribution in [1.29, 1.82) is 0 Å². The first-order chi connectivity index (χ1) is 18.5. The van der Waals surface area contributed by atoms with Gasteiger partial charge in [0.2, 0.25) is 5.91 Å². The number of ketones is 1. The van der Waals surface area contributed by atoms with Crippen molar-refractivity contribution in [1.82, 2.24) is 9.55 Å². The molecule has 1 saturated heterocycles. The topological polar surface area (TPSA) is 67.2 Å². The number of carbonyl (C=O) groups is 2. The summed E-state index contributed by atoms with van der Waals surface area (Å²) in [6, 6.07) is 26.5. The minimum Gasteiger partial charge on any atom is -0.372 e. The maximum absolute atomic E-state index is 13.0. The predicted molar refractivity (Wildman–Crippen MR) is 153 cm³/mol. The van der Waals surface area contributed by atoms with Crippen LogP contribution in [-0.2, 0) is 18.3 Å². The van der Waals surface area contributed by atoms with Gasteiger partial charge < -0.3 is 14.8 Å². The minimum atomic E-state index is -0.0815. The number of hydrogen-bond donors (Lipinski definition) is 1. The maximum Gasteiger partial charge on any atom is 0.221 e. The maximum atomic E-state index is 13.0. The molecule has 5 rings (SSSR count). The molecule has 1 amide bonds. The van der Waals surface area contributed by atoms with Crippen molar-refractivity contribution in [3.8, 4) is 11.3 Å². The van der Waals surface area contributed by atoms with E-state index in [1.54, 1.807) is 0 Å². The third-order valence-electron chi connectivity index (χ3n) is 7.29. The van der Waals surface area contributed by atoms with Crippen LogP contribution in [0.1, 0.15) is 47.9 Å². The minimum absolute atomic E-state index is 0.0815. The molecule has 1 aliphatic heterocycles. The van der Waals surface area contributed by atoms with E-state index in [9.17, 15) is 9.59 Å². The smallest absolute Gasteiger partial charge is 0.221 e. The van der Waals surface area contributed by atoms with Crippen molar-refractivity contribution >= 4 is 23.1 Å². The van der Waals surface area contributed by atoms with Crippen LogP contribution in [0.4, 0.5) is 11.4 Å². The number of aryl methyl sites for hydroxylation is 1. The van der Waals surface area contributed by atoms with Crippen molar-refractivity contribution in [2.75, 3.05) is 23.3 Å². The second kappa shape index (κ2) is 11.5. The standard InChI is InChI=1S/C32H34N4O2/c1-23(37)33-27-14-12-25(13-15-27)30-8-3-7-28(34-30)22-24-10-16-29(17-11-24)36-20-4-6-26(18-21-36)32(38)31-9-5-19-35(31)2/h3,5,7-17,19,26H,4,6,18,20-22H2,1-2H3,(H,33,37). The van der Waals surface area contributed by atoms with Crippen molar-refractivity contribution in [2.45, 2.75) is 32.6 Å². The van der Waals surface area contributed by atoms with Gasteiger partial charge in [0.1, 0.15) is 0 Å². The zero-order valence-corrected chi connectivity index (χ0v) is 22.1. The molecule has 2 aromatic heterocycles. The molecule has 0 bridgehead atoms. The summed E-state index contributed by atoms with van der Waals surface area (Å²) in [5.74, 6) is 0.281. The number of Topliss-reactive ketones (excluding diaryl/α,β-unsaturated/α-hetero) is 1. The van der Waals surface area contributed by atoms with Gasteiger partial charge in [-0.2, -0.15) is 0 Å². The third-order valence-corrected chi connectivity index (χ3v) is 7.29. The molecular formula is C32H34N4O2. The molecule has 6 heteroatoms. The fraction of sp³-hybridized carbons (Fsp3) is 0.281. The number of aromatic nitrogens is 2. The van der Waals surface area contributed by atoms with Crippen LogP contribution in [0.15, 0.2) is 85.1 Å². The lowest BCUT2D eigenvalue weighted by molar-refractivity contribution is -0.114. The lowest BCUT2D eigenvalue weighted by atomic mass is 9.94. The van der Waals surface area contributed by atoms with Crippen LogP contribution in [0, 0.1) is 5.92 Å². The van der Waals surface area contributed by atoms with Gasteiger partial charge in [0.25, 0.3) is 0 Å². The Hall–Kier alpha value is -4.19. The van der Waals surface area contributed by atoms with E-state index in [1.165, 1.54) is 18.2 Å². The molecule has 1 aliphatic rings. The average molecular weight is 507 g/mol. The molecule has 6 nitrogen and oxygen atoms in total. The molecule has 3 heterocycles. The van der Waals surface area contributed by atoms with E-state index in [2.05, 4.69) is 40.5 Å². The van der Waals surface area contributed by atoms with Gasteiger partial charge in [-0.15, -0.1) is 0 Å². The molecule has 0 radical (unpaired) electrons. The van der Waals surface area contributed by atoms with E-state index in [0.717, 1.165) is 67.1 Å². The summed E-state index contributed by atoms with van der Waals surface area (Å²) in [5.41, 5.74) is 6.96. The Kier molecular flexibility index (Phi) is 7.68. The average Bonchev–Trinajstić information content (AvgIpc) is 3.20. The molecule has 0 spiro atoms. The number of benzene rings is 2. The van der Waals surface area contributed by atoms with Crippen LogP contribution in [-0.4, -0.2) is 34.3 Å². The van der Waals surface area contributed by atoms with E-state index < -0.39 is 0 Å². The van der Waals surface area contributed by atoms with Gasteiger partial charge >= 0.3 is 0 Å². The first kappa shape index (κ1) is 25.5. The highest BCUT2D eigenvalue weighted by molar-refractivity contribution is 5.96. The Morgan fingerprint density at radius 2 is 1.71 bits per heavy atom. The highest BCUT2D eigenvalue weighted by Gasteiger charge is 2.25. The molecular weight excluding hydrogens is 472 g/mol. The SMILES string of the molecule is CC(=O)Nc1ccc(-c2cccc(Cc3ccc(N4CCCC(C(=O)c5cccn5C)CC4)cc3)n2)cc1. The van der Waals surface area contributed by atoms with Gasteiger partial charge in [-0.3, -0.25) is 14.6 Å². The van der Waals surface area contributed by atoms with E-state index in [1.807, 2.05) is 66.3 Å². The van der Waals surface area contributed by atoms with Crippen LogP contribution >= 0.6 is 0 Å². The molecule has 194 valence electrons. The Labute approximate surface area is 224 Å². The number of nitrogens with one attached hydrogen (secondary N) is 1. The number of amides is 1. The first-order valence-corrected chi connectivity index (χ1v) is 13.3. The monoisotopic (exact) mass is 506 g/mol. The van der Waals surface area contributed by atoms with Crippen LogP contribution < -0.4 is 10.2 Å². The summed E-state index contributed by atoms with van der Waals surface area (Å²) < 4.78 is 1.93. The number of hydrogen-bond acceptors (Lipinski definition) is 4. The van der Waals surface area contributed by atoms with Crippen LogP contribution in [0.25, 0.3) is 11.3 Å². The Morgan fingerprint density at radius 3 is 2.42 bits per heavy atom. The van der Waals surface area contributed by atoms with Gasteiger partial charge in [0.05, 0.1) is 11.4 Å². The number of nitrogens with zero attached hydrogens (tertiary/aromatic N) is 3. The molecule has 0 saturated carbocycles. The van der Waals surface area contributed by atoms with Crippen LogP contribution in [0.5, 0.6) is 0 Å². The Morgan fingerprint density at radius 1 is 0.921 bits per heavy atom. The van der Waals surface area contributed by atoms with Gasteiger partial charge in [-0.05, 0) is 73.4 Å². The van der Waals surface area contributed by atoms with Crippen LogP contribution in [0.3, 0.4) is 0 Å². The summed E-state index contributed by atoms with van der Waals surface area (Å²) in [6.07, 6.45) is 5.54. The molecule has 38 heavy (non-hydrogen) atoms. The lowest BCUT2D eigenvalue weighted by Gasteiger charge is -2.23. The molecule has 4 aromatic rings. The highest BCUT2D eigenvalue weighted by Crippen LogP contribution is 2.26. The third kappa shape index (κ3) is 6.02. The highest BCUT2D eigenvalue weighted by atomic mass is 16.1. The number of anilines is 2. The van der Waals surface area contributed by atoms with Gasteiger partial charge in [0.15, 0.2) is 5.78 Å². The number of pyridine rings is 1. The molecule has 0 aliphatic carbocycles. The fourth-order valence-electron chi connectivity index (χ4n) is 5.24. The van der Waals surface area contributed by atoms with E-state index in [-0.39, 0.29) is 17.6 Å². The number of rotatable bonds is 7. The molecule has 1 atom stereocenters. The Balaban J connectivity index is 1.21. The summed E-state index contributed by atoms with van der Waals surface area (Å²) in [7, 11) is 1.94. The second-order valence-corrected chi connectivity index (χ2v) is 10.1. The van der Waals surface area contributed by atoms with Crippen molar-refractivity contribution in [2.24, 2.45) is 13.0 Å². The summed E-state index contributed by atoms with van der Waals surface area (Å²) in [5, 5.41) is 2.80. The van der Waals surface area contributed by atoms with Gasteiger partial charge in [0, 0.05) is 68.2 Å². The van der Waals surface area contributed by atoms with Crippen molar-refractivity contribution in [3.63, 3.8) is 0 Å². The van der Waals surface area contributed by atoms with Gasteiger partial charge in [-0.1, -0.05) is 30.3 Å². The molecule has 1 N–H and O–H groups in total. The van der Waals surface area contributed by atoms with Crippen molar-refractivity contribution in [3.05, 3.63) is 102 Å². The van der Waals surface area contributed by atoms with E-state index >= 15 is 0 Å². The molecule has 1 unspecified atom stereocenters. The largest absolute Gasteiger partial charge is 0.372 e. The normalized spacial score (nSPS) is 15.6. The zero-order chi connectivity index (χ0) is 26.5. The Bertz CT molecular complexity index is 1410. The predicted octanol–water partition coefficient (Wildman–Crippen LogP) is 6.13. The zero-order valence-electron chi connectivity index (χ0n) is 22.1. The first-order valence-electron chi connectivity index (χ1n) is 13.3. The quantitative estimate of drug-likeness (QED) is 0.307. The fourth-order valence-corrected chi connectivity index (χ4v) is 5.24. The van der Waals surface area contributed by atoms with Crippen molar-refractivity contribution < 1.29 is 9.59 Å². The van der Waals surface area contributed by atoms with E-state index in [0.29, 0.717) is 0 Å². The van der Waals surface area contributed by atoms with Crippen LogP contribution in [0.2, 0.25) is 0 Å². The lowest BCUT2D eigenvalue weighted by Crippen LogP contribution is -2.25.